The number of hydrogen-bond acceptors (Lipinski definition) is 6. The van der Waals surface area contributed by atoms with Gasteiger partial charge in [0.1, 0.15) is 0 Å². The smallest absolute Gasteiger partial charge is 0.332 e. The summed E-state index contributed by atoms with van der Waals surface area (Å²) < 4.78 is 9.23. The zero-order chi connectivity index (χ0) is 12.6. The molecule has 0 rings (SSSR count). The molecule has 0 bridgehead atoms. The monoisotopic (exact) mass is 234 g/mol. The minimum atomic E-state index is -1.37. The van der Waals surface area contributed by atoms with Crippen LogP contribution < -0.4 is 11.1 Å². The zero-order valence-corrected chi connectivity index (χ0v) is 9.43. The predicted octanol–water partition coefficient (Wildman–Crippen LogP) is -2.00. The number of esters is 1. The quantitative estimate of drug-likeness (QED) is 0.347. The second kappa shape index (κ2) is 8.03. The molecule has 0 fully saturated rings. The molecule has 0 aliphatic heterocycles. The fraction of sp³-hybridized carbons (Fsp3) is 0.778. The third-order valence-electron chi connectivity index (χ3n) is 1.69. The maximum absolute atomic E-state index is 11.3. The maximum Gasteiger partial charge on any atom is 0.332 e. The Labute approximate surface area is 93.9 Å². The number of carbonyl (C=O) groups excluding carboxylic acids is 2. The maximum atomic E-state index is 11.3. The summed E-state index contributed by atoms with van der Waals surface area (Å²) in [6, 6.07) is -1.37. The topological polar surface area (TPSA) is 111 Å². The fourth-order valence-electron chi connectivity index (χ4n) is 0.919. The number of rotatable bonds is 7. The van der Waals surface area contributed by atoms with Gasteiger partial charge in [-0.1, -0.05) is 0 Å². The van der Waals surface area contributed by atoms with E-state index in [0.29, 0.717) is 0 Å². The van der Waals surface area contributed by atoms with E-state index in [1.165, 1.54) is 7.11 Å². The van der Waals surface area contributed by atoms with Crippen molar-refractivity contribution in [1.29, 1.82) is 0 Å². The lowest BCUT2D eigenvalue weighted by Crippen LogP contribution is -2.49. The average Bonchev–Trinajstić information content (AvgIpc) is 2.25. The highest BCUT2D eigenvalue weighted by Crippen LogP contribution is 1.87. The van der Waals surface area contributed by atoms with Gasteiger partial charge >= 0.3 is 5.97 Å². The normalized spacial score (nSPS) is 14.0. The van der Waals surface area contributed by atoms with Crippen molar-refractivity contribution in [2.24, 2.45) is 5.73 Å². The van der Waals surface area contributed by atoms with Gasteiger partial charge in [0.05, 0.1) is 19.3 Å². The first kappa shape index (κ1) is 14.8. The van der Waals surface area contributed by atoms with Gasteiger partial charge in [0, 0.05) is 13.7 Å². The van der Waals surface area contributed by atoms with Crippen molar-refractivity contribution in [2.45, 2.75) is 19.1 Å². The van der Waals surface area contributed by atoms with Crippen molar-refractivity contribution in [3.63, 3.8) is 0 Å². The van der Waals surface area contributed by atoms with Gasteiger partial charge < -0.3 is 25.6 Å². The van der Waals surface area contributed by atoms with Gasteiger partial charge in [0.25, 0.3) is 0 Å². The third-order valence-corrected chi connectivity index (χ3v) is 1.69. The highest BCUT2D eigenvalue weighted by molar-refractivity contribution is 6.01. The molecule has 1 amide bonds. The lowest BCUT2D eigenvalue weighted by Gasteiger charge is -2.13. The molecule has 7 nitrogen and oxygen atoms in total. The number of aliphatic hydroxyl groups excluding tert-OH is 1. The summed E-state index contributed by atoms with van der Waals surface area (Å²) in [6.45, 7) is 1.84. The Balaban J connectivity index is 3.91. The van der Waals surface area contributed by atoms with Crippen LogP contribution in [0, 0.1) is 0 Å². The minimum absolute atomic E-state index is 0.0280. The van der Waals surface area contributed by atoms with Crippen LogP contribution in [0.3, 0.4) is 0 Å². The SMILES string of the molecule is CCOC(=O)C(N)C(=O)NCC(O)COC. The molecular formula is C9H18N2O5. The number of hydrogen-bond donors (Lipinski definition) is 3. The Morgan fingerprint density at radius 1 is 1.50 bits per heavy atom. The van der Waals surface area contributed by atoms with E-state index in [2.05, 4.69) is 14.8 Å². The van der Waals surface area contributed by atoms with Crippen LogP contribution in [-0.4, -0.2) is 56.0 Å². The molecule has 0 aromatic carbocycles. The van der Waals surface area contributed by atoms with E-state index in [9.17, 15) is 14.7 Å². The molecule has 2 unspecified atom stereocenters. The van der Waals surface area contributed by atoms with Crippen molar-refractivity contribution in [3.8, 4) is 0 Å². The molecule has 0 aromatic heterocycles. The van der Waals surface area contributed by atoms with E-state index in [1.54, 1.807) is 6.92 Å². The van der Waals surface area contributed by atoms with Crippen molar-refractivity contribution >= 4 is 11.9 Å². The number of aliphatic hydroxyl groups is 1. The summed E-state index contributed by atoms with van der Waals surface area (Å²) in [7, 11) is 1.43. The van der Waals surface area contributed by atoms with E-state index in [0.717, 1.165) is 0 Å². The molecular weight excluding hydrogens is 216 g/mol. The number of methoxy groups -OCH3 is 1. The van der Waals surface area contributed by atoms with Gasteiger partial charge in [-0.05, 0) is 6.92 Å². The first-order valence-corrected chi connectivity index (χ1v) is 4.89. The molecule has 94 valence electrons. The number of ether oxygens (including phenoxy) is 2. The highest BCUT2D eigenvalue weighted by Gasteiger charge is 2.23. The molecule has 0 aromatic rings. The minimum Gasteiger partial charge on any atom is -0.464 e. The Morgan fingerprint density at radius 2 is 2.12 bits per heavy atom. The second-order valence-corrected chi connectivity index (χ2v) is 3.08. The van der Waals surface area contributed by atoms with E-state index in [4.69, 9.17) is 5.73 Å². The summed E-state index contributed by atoms with van der Waals surface area (Å²) >= 11 is 0. The molecule has 0 saturated carbocycles. The van der Waals surface area contributed by atoms with Crippen molar-refractivity contribution in [3.05, 3.63) is 0 Å². The fourth-order valence-corrected chi connectivity index (χ4v) is 0.919. The van der Waals surface area contributed by atoms with E-state index in [1.807, 2.05) is 0 Å². The van der Waals surface area contributed by atoms with Crippen molar-refractivity contribution in [1.82, 2.24) is 5.32 Å². The lowest BCUT2D eigenvalue weighted by molar-refractivity contribution is -0.148. The van der Waals surface area contributed by atoms with Crippen LogP contribution in [0.2, 0.25) is 0 Å². The number of nitrogens with two attached hydrogens (primary N) is 1. The van der Waals surface area contributed by atoms with E-state index < -0.39 is 24.0 Å². The molecule has 0 saturated heterocycles. The Hall–Kier alpha value is -1.18. The molecule has 2 atom stereocenters. The molecule has 0 spiro atoms. The molecule has 0 radical (unpaired) electrons. The highest BCUT2D eigenvalue weighted by atomic mass is 16.5. The molecule has 7 heteroatoms. The summed E-state index contributed by atoms with van der Waals surface area (Å²) in [5, 5.41) is 11.5. The molecule has 0 aliphatic rings. The second-order valence-electron chi connectivity index (χ2n) is 3.08. The van der Waals surface area contributed by atoms with Gasteiger partial charge in [-0.3, -0.25) is 4.79 Å². The van der Waals surface area contributed by atoms with Crippen molar-refractivity contribution < 1.29 is 24.2 Å². The largest absolute Gasteiger partial charge is 0.464 e. The van der Waals surface area contributed by atoms with Gasteiger partial charge in [-0.25, -0.2) is 4.79 Å². The Kier molecular flexibility index (Phi) is 7.44. The van der Waals surface area contributed by atoms with Crippen LogP contribution >= 0.6 is 0 Å². The average molecular weight is 234 g/mol. The van der Waals surface area contributed by atoms with E-state index >= 15 is 0 Å². The molecule has 0 heterocycles. The number of carbonyl (C=O) groups is 2. The van der Waals surface area contributed by atoms with Gasteiger partial charge in [0.15, 0.2) is 6.04 Å². The van der Waals surface area contributed by atoms with Crippen LogP contribution in [0.4, 0.5) is 0 Å². The number of amides is 1. The van der Waals surface area contributed by atoms with Crippen molar-refractivity contribution in [2.75, 3.05) is 26.9 Å². The Morgan fingerprint density at radius 3 is 2.62 bits per heavy atom. The summed E-state index contributed by atoms with van der Waals surface area (Å²) in [6.07, 6.45) is -0.830. The summed E-state index contributed by atoms with van der Waals surface area (Å²) in [5.74, 6) is -1.48. The lowest BCUT2D eigenvalue weighted by atomic mass is 10.3. The molecule has 16 heavy (non-hydrogen) atoms. The Bertz CT molecular complexity index is 234. The zero-order valence-electron chi connectivity index (χ0n) is 9.43. The molecule has 4 N–H and O–H groups in total. The van der Waals surface area contributed by atoms with Crippen LogP contribution in [0.5, 0.6) is 0 Å². The number of nitrogens with one attached hydrogen (secondary N) is 1. The van der Waals surface area contributed by atoms with Crippen LogP contribution in [0.1, 0.15) is 6.92 Å². The first-order chi connectivity index (χ1) is 7.52. The van der Waals surface area contributed by atoms with E-state index in [-0.39, 0.29) is 19.8 Å². The summed E-state index contributed by atoms with van der Waals surface area (Å²) in [4.78, 5) is 22.3. The molecule has 0 aliphatic carbocycles. The van der Waals surface area contributed by atoms with Gasteiger partial charge in [0.2, 0.25) is 5.91 Å². The van der Waals surface area contributed by atoms with Gasteiger partial charge in [-0.2, -0.15) is 0 Å². The summed E-state index contributed by atoms with van der Waals surface area (Å²) in [5.41, 5.74) is 5.31. The van der Waals surface area contributed by atoms with Crippen LogP contribution in [0.15, 0.2) is 0 Å². The third kappa shape index (κ3) is 5.64. The van der Waals surface area contributed by atoms with Crippen LogP contribution in [-0.2, 0) is 19.1 Å². The van der Waals surface area contributed by atoms with Crippen LogP contribution in [0.25, 0.3) is 0 Å². The standard InChI is InChI=1S/C9H18N2O5/c1-3-16-9(14)7(10)8(13)11-4-6(12)5-15-2/h6-7,12H,3-5,10H2,1-2H3,(H,11,13). The predicted molar refractivity (Wildman–Crippen MR) is 55.5 cm³/mol. The van der Waals surface area contributed by atoms with Gasteiger partial charge in [-0.15, -0.1) is 0 Å². The first-order valence-electron chi connectivity index (χ1n) is 4.89.